The molecule has 0 radical (unpaired) electrons. The molecule has 0 unspecified atom stereocenters. The Balaban J connectivity index is 0.000000123. The Bertz CT molecular complexity index is 3760. The normalized spacial score (nSPS) is 15.3. The molecule has 12 N–H and O–H groups in total. The minimum absolute atomic E-state index is 0.0371. The highest BCUT2D eigenvalue weighted by molar-refractivity contribution is 7.45. The van der Waals surface area contributed by atoms with Crippen LogP contribution in [0.1, 0.15) is 81.1 Å². The molecule has 6 aliphatic rings. The molecule has 0 bridgehead atoms. The van der Waals surface area contributed by atoms with Crippen molar-refractivity contribution in [1.29, 1.82) is 0 Å². The highest BCUT2D eigenvalue weighted by Gasteiger charge is 2.56. The van der Waals surface area contributed by atoms with Crippen LogP contribution in [0.15, 0.2) is 182 Å². The Kier molecular flexibility index (Phi) is 13.9. The predicted molar refractivity (Wildman–Crippen MR) is 293 cm³/mol. The van der Waals surface area contributed by atoms with Crippen LogP contribution in [-0.4, -0.2) is 77.9 Å². The van der Waals surface area contributed by atoms with Crippen molar-refractivity contribution in [2.45, 2.75) is 16.8 Å². The maximum Gasteiger partial charge on any atom is 0.466 e. The number of ether oxygens (including phenoxy) is 6. The third-order valence-electron chi connectivity index (χ3n) is 14.0. The van der Waals surface area contributed by atoms with Gasteiger partial charge in [-0.15, -0.1) is 0 Å². The first kappa shape index (κ1) is 56.7. The molecule has 430 valence electrons. The van der Waals surface area contributed by atoms with Gasteiger partial charge in [-0.25, -0.2) is 23.5 Å². The van der Waals surface area contributed by atoms with Gasteiger partial charge in [0.1, 0.15) is 69.0 Å². The fraction of sp³-hybridized carbons (Fsp3) is 0.0500. The summed E-state index contributed by atoms with van der Waals surface area (Å²) in [5, 5.41) is 59.0. The lowest BCUT2D eigenvalue weighted by atomic mass is 9.77. The van der Waals surface area contributed by atoms with Crippen LogP contribution < -0.4 is 14.2 Å². The summed E-state index contributed by atoms with van der Waals surface area (Å²) in [4.78, 5) is 80.7. The molecule has 25 heteroatoms. The van der Waals surface area contributed by atoms with Crippen molar-refractivity contribution < 1.29 is 112 Å². The van der Waals surface area contributed by atoms with Gasteiger partial charge in [0, 0.05) is 86.5 Å². The van der Waals surface area contributed by atoms with E-state index < -0.39 is 50.4 Å². The molecular formula is C60H42O23P2. The summed E-state index contributed by atoms with van der Waals surface area (Å²) in [6.07, 6.45) is 0. The number of fused-ring (bicyclic) bond motifs is 18. The Morgan fingerprint density at radius 1 is 0.271 bits per heavy atom. The van der Waals surface area contributed by atoms with Crippen molar-refractivity contribution in [3.63, 3.8) is 0 Å². The average molecular weight is 1190 g/mol. The molecule has 85 heavy (non-hydrogen) atoms. The van der Waals surface area contributed by atoms with Gasteiger partial charge in [-0.3, -0.25) is 0 Å². The van der Waals surface area contributed by atoms with Crippen molar-refractivity contribution in [2.24, 2.45) is 0 Å². The zero-order chi connectivity index (χ0) is 60.5. The SMILES string of the molecule is O=C1OC2(c3ccc(O)cc3Oc3cc(O)ccc32)c2ccccc21.O=C1OC2(c3ccc(O)cc3Oc3cc(O)ccc32)c2ccccc21.O=C1OC2(c3ccc(O)cc3Oc3cc(O)ccc32)c2ccccc21.O=P(O)(O)O.O=P(O)(O)O. The van der Waals surface area contributed by atoms with E-state index in [4.69, 9.17) is 66.9 Å². The quantitative estimate of drug-likeness (QED) is 0.0382. The standard InChI is InChI=1S/3C20H12O5.2H3O4P/c3*21-11-5-7-15-17(9-11)24-18-10-12(22)6-8-16(18)20(15)14-4-2-1-3-13(14)19(23)25-20;2*1-5(2,3)4/h3*1-10,21-22H;2*(H3,1,2,3,4). The average Bonchev–Trinajstić information content (AvgIpc) is 1.80. The monoisotopic (exact) mass is 1190 g/mol. The molecule has 0 aromatic heterocycles. The van der Waals surface area contributed by atoms with E-state index in [-0.39, 0.29) is 34.5 Å². The second-order valence-corrected chi connectivity index (χ2v) is 21.3. The van der Waals surface area contributed by atoms with E-state index in [2.05, 4.69) is 0 Å². The molecule has 0 fully saturated rings. The molecule has 15 rings (SSSR count). The fourth-order valence-corrected chi connectivity index (χ4v) is 11.0. The molecule has 9 aromatic carbocycles. The maximum atomic E-state index is 12.5. The minimum atomic E-state index is -4.64. The second kappa shape index (κ2) is 20.9. The number of carbonyl (C=O) groups is 3. The second-order valence-electron chi connectivity index (χ2n) is 19.3. The van der Waals surface area contributed by atoms with Crippen LogP contribution >= 0.6 is 15.6 Å². The van der Waals surface area contributed by atoms with E-state index in [1.165, 1.54) is 72.8 Å². The first-order valence-electron chi connectivity index (χ1n) is 24.9. The number of hydrogen-bond donors (Lipinski definition) is 12. The Morgan fingerprint density at radius 3 is 0.635 bits per heavy atom. The Morgan fingerprint density at radius 2 is 0.447 bits per heavy atom. The van der Waals surface area contributed by atoms with Gasteiger partial charge < -0.3 is 88.4 Å². The lowest BCUT2D eigenvalue weighted by molar-refractivity contribution is 0.0214. The molecule has 3 spiro atoms. The molecule has 6 heterocycles. The predicted octanol–water partition coefficient (Wildman–Crippen LogP) is 9.14. The topological polar surface area (TPSA) is 383 Å². The molecule has 6 aliphatic heterocycles. The number of carbonyl (C=O) groups excluding carboxylic acids is 3. The van der Waals surface area contributed by atoms with Crippen molar-refractivity contribution in [1.82, 2.24) is 0 Å². The van der Waals surface area contributed by atoms with E-state index in [0.29, 0.717) is 101 Å². The molecular weight excluding hydrogens is 1150 g/mol. The van der Waals surface area contributed by atoms with Gasteiger partial charge in [0.05, 0.1) is 16.7 Å². The molecule has 0 aliphatic carbocycles. The number of phenolic OH excluding ortho intramolecular Hbond substituents is 6. The van der Waals surface area contributed by atoms with Gasteiger partial charge in [-0.2, -0.15) is 0 Å². The summed E-state index contributed by atoms with van der Waals surface area (Å²) in [7, 11) is -9.28. The largest absolute Gasteiger partial charge is 0.508 e. The number of hydrogen-bond acceptors (Lipinski definition) is 17. The van der Waals surface area contributed by atoms with Crippen molar-refractivity contribution >= 4 is 33.6 Å². The number of phenols is 6. The lowest BCUT2D eigenvalue weighted by Crippen LogP contribution is -2.32. The van der Waals surface area contributed by atoms with Crippen molar-refractivity contribution in [3.8, 4) is 69.0 Å². The summed E-state index contributed by atoms with van der Waals surface area (Å²) in [5.41, 5.74) is 3.85. The zero-order valence-corrected chi connectivity index (χ0v) is 44.9. The van der Waals surface area contributed by atoms with Crippen molar-refractivity contribution in [3.05, 3.63) is 249 Å². The molecule has 23 nitrogen and oxygen atoms in total. The summed E-state index contributed by atoms with van der Waals surface area (Å²) in [5.74, 6) is 1.22. The van der Waals surface area contributed by atoms with E-state index in [0.717, 1.165) is 0 Å². The fourth-order valence-electron chi connectivity index (χ4n) is 11.0. The van der Waals surface area contributed by atoms with Crippen LogP contribution in [0.5, 0.6) is 69.0 Å². The van der Waals surface area contributed by atoms with E-state index in [1.54, 1.807) is 72.8 Å². The number of rotatable bonds is 0. The summed E-state index contributed by atoms with van der Waals surface area (Å²) >= 11 is 0. The first-order valence-corrected chi connectivity index (χ1v) is 28.0. The van der Waals surface area contributed by atoms with E-state index in [1.807, 2.05) is 36.4 Å². The van der Waals surface area contributed by atoms with Gasteiger partial charge in [0.25, 0.3) is 0 Å². The lowest BCUT2D eigenvalue weighted by Gasteiger charge is -2.36. The molecule has 0 saturated carbocycles. The van der Waals surface area contributed by atoms with Gasteiger partial charge in [-0.05, 0) is 91.0 Å². The van der Waals surface area contributed by atoms with Crippen LogP contribution in [0.25, 0.3) is 0 Å². The number of benzene rings is 9. The van der Waals surface area contributed by atoms with Gasteiger partial charge in [0.2, 0.25) is 0 Å². The minimum Gasteiger partial charge on any atom is -0.508 e. The summed E-state index contributed by atoms with van der Waals surface area (Å²) in [6.45, 7) is 0. The van der Waals surface area contributed by atoms with Crippen LogP contribution in [0.3, 0.4) is 0 Å². The van der Waals surface area contributed by atoms with Crippen LogP contribution in [0.4, 0.5) is 0 Å². The summed E-state index contributed by atoms with van der Waals surface area (Å²) < 4.78 is 53.1. The third kappa shape index (κ3) is 10.1. The summed E-state index contributed by atoms with van der Waals surface area (Å²) in [6, 6.07) is 49.8. The number of esters is 3. The number of phosphoric acid groups is 2. The van der Waals surface area contributed by atoms with Crippen LogP contribution in [-0.2, 0) is 40.1 Å². The number of aromatic hydroxyl groups is 6. The first-order chi connectivity index (χ1) is 40.3. The Hall–Kier alpha value is -10.2. The molecule has 9 aromatic rings. The van der Waals surface area contributed by atoms with Crippen LogP contribution in [0, 0.1) is 0 Å². The van der Waals surface area contributed by atoms with Gasteiger partial charge >= 0.3 is 33.6 Å². The van der Waals surface area contributed by atoms with Gasteiger partial charge in [-0.1, -0.05) is 54.6 Å². The maximum absolute atomic E-state index is 12.5. The zero-order valence-electron chi connectivity index (χ0n) is 43.1. The highest BCUT2D eigenvalue weighted by Crippen LogP contribution is 2.60. The van der Waals surface area contributed by atoms with Crippen molar-refractivity contribution in [2.75, 3.05) is 0 Å². The van der Waals surface area contributed by atoms with E-state index >= 15 is 0 Å². The van der Waals surface area contributed by atoms with Gasteiger partial charge in [0.15, 0.2) is 16.8 Å². The highest BCUT2D eigenvalue weighted by atomic mass is 31.2. The van der Waals surface area contributed by atoms with Crippen LogP contribution in [0.2, 0.25) is 0 Å². The third-order valence-corrected chi connectivity index (χ3v) is 14.0. The van der Waals surface area contributed by atoms with E-state index in [9.17, 15) is 45.0 Å². The molecule has 0 saturated heterocycles. The smallest absolute Gasteiger partial charge is 0.466 e. The molecule has 0 amide bonds. The molecule has 0 atom stereocenters. The Labute approximate surface area is 478 Å².